The van der Waals surface area contributed by atoms with Crippen molar-refractivity contribution in [2.75, 3.05) is 0 Å². The molecule has 13 heavy (non-hydrogen) atoms. The SMILES string of the molecule is [B][Si](C)(C)O[Si](C)(C)O[Si]([B])(C)C. The molecule has 0 rings (SSSR count). The maximum Gasteiger partial charge on any atom is 0.310 e. The molecule has 0 aromatic heterocycles. The Morgan fingerprint density at radius 3 is 1.08 bits per heavy atom. The minimum absolute atomic E-state index is 1.95. The molecule has 0 bridgehead atoms. The molecule has 0 aromatic carbocycles. The first kappa shape index (κ1) is 13.7. The molecule has 0 fully saturated rings. The van der Waals surface area contributed by atoms with Crippen molar-refractivity contribution in [1.29, 1.82) is 0 Å². The summed E-state index contributed by atoms with van der Waals surface area (Å²) in [5, 5.41) is 0. The van der Waals surface area contributed by atoms with Crippen molar-refractivity contribution in [3.8, 4) is 0 Å². The molecule has 2 nitrogen and oxygen atoms in total. The van der Waals surface area contributed by atoms with Gasteiger partial charge in [-0.15, -0.1) is 0 Å². The van der Waals surface area contributed by atoms with Crippen LogP contribution in [0.4, 0.5) is 0 Å². The van der Waals surface area contributed by atoms with E-state index in [1.165, 1.54) is 0 Å². The molecule has 0 N–H and O–H groups in total. The number of hydrogen-bond donors (Lipinski definition) is 0. The van der Waals surface area contributed by atoms with Crippen LogP contribution in [0.1, 0.15) is 0 Å². The lowest BCUT2D eigenvalue weighted by Crippen LogP contribution is -2.53. The Kier molecular flexibility index (Phi) is 4.28. The third-order valence-electron chi connectivity index (χ3n) is 1.02. The maximum absolute atomic E-state index is 5.89. The molecule has 0 aromatic rings. The van der Waals surface area contributed by atoms with Gasteiger partial charge >= 0.3 is 8.56 Å². The minimum atomic E-state index is -2.10. The zero-order valence-electron chi connectivity index (χ0n) is 9.47. The lowest BCUT2D eigenvalue weighted by atomic mass is 10.7. The summed E-state index contributed by atoms with van der Waals surface area (Å²) < 4.78 is 11.6. The summed E-state index contributed by atoms with van der Waals surface area (Å²) in [5.74, 6) is 0. The Hall–Kier alpha value is 0.701. The van der Waals surface area contributed by atoms with E-state index in [2.05, 4.69) is 0 Å². The molecule has 0 aliphatic rings. The van der Waals surface area contributed by atoms with E-state index in [0.29, 0.717) is 0 Å². The first-order valence-corrected chi connectivity index (χ1v) is 13.2. The van der Waals surface area contributed by atoms with E-state index in [1.807, 2.05) is 39.3 Å². The molecule has 0 unspecified atom stereocenters. The van der Waals surface area contributed by atoms with Crippen molar-refractivity contribution >= 4 is 39.8 Å². The fourth-order valence-electron chi connectivity index (χ4n) is 1.29. The second-order valence-corrected chi connectivity index (χ2v) is 15.7. The predicted octanol–water partition coefficient (Wildman–Crippen LogP) is 1.46. The Labute approximate surface area is 87.6 Å². The lowest BCUT2D eigenvalue weighted by Gasteiger charge is -2.36. The van der Waals surface area contributed by atoms with Gasteiger partial charge in [0.1, 0.15) is 16.4 Å². The van der Waals surface area contributed by atoms with Crippen molar-refractivity contribution in [1.82, 2.24) is 0 Å². The molecule has 4 radical (unpaired) electrons. The average Bonchev–Trinajstić information content (AvgIpc) is 1.43. The van der Waals surface area contributed by atoms with Gasteiger partial charge in [-0.3, -0.25) is 0 Å². The fraction of sp³-hybridized carbons (Fsp3) is 1.00. The summed E-state index contributed by atoms with van der Waals surface area (Å²) in [6, 6.07) is 0. The van der Waals surface area contributed by atoms with Crippen LogP contribution in [0, 0.1) is 0 Å². The topological polar surface area (TPSA) is 18.5 Å². The molecular weight excluding hydrogens is 210 g/mol. The first-order valence-electron chi connectivity index (χ1n) is 4.39. The summed E-state index contributed by atoms with van der Waals surface area (Å²) in [6.45, 7) is 11.8. The monoisotopic (exact) mass is 228 g/mol. The highest BCUT2D eigenvalue weighted by molar-refractivity contribution is 7.17. The molecule has 0 atom stereocenters. The van der Waals surface area contributed by atoms with Gasteiger partial charge < -0.3 is 8.23 Å². The fourth-order valence-corrected chi connectivity index (χ4v) is 12.0. The van der Waals surface area contributed by atoms with E-state index in [0.717, 1.165) is 0 Å². The summed E-state index contributed by atoms with van der Waals surface area (Å²) in [5.41, 5.74) is 0. The van der Waals surface area contributed by atoms with Crippen molar-refractivity contribution in [2.45, 2.75) is 39.3 Å². The maximum atomic E-state index is 5.89. The van der Waals surface area contributed by atoms with Gasteiger partial charge in [0.15, 0.2) is 0 Å². The van der Waals surface area contributed by atoms with E-state index in [1.54, 1.807) is 0 Å². The van der Waals surface area contributed by atoms with Gasteiger partial charge in [-0.05, 0) is 13.1 Å². The molecule has 0 amide bonds. The van der Waals surface area contributed by atoms with E-state index in [4.69, 9.17) is 23.1 Å². The van der Waals surface area contributed by atoms with Crippen molar-refractivity contribution in [2.24, 2.45) is 0 Å². The molecule has 0 saturated heterocycles. The van der Waals surface area contributed by atoms with Crippen LogP contribution >= 0.6 is 0 Å². The van der Waals surface area contributed by atoms with Crippen molar-refractivity contribution < 1.29 is 8.23 Å². The highest BCUT2D eigenvalue weighted by Crippen LogP contribution is 2.16. The molecular formula is C6H18B2O2Si3. The van der Waals surface area contributed by atoms with Crippen LogP contribution in [0.2, 0.25) is 39.3 Å². The lowest BCUT2D eigenvalue weighted by molar-refractivity contribution is 0.407. The largest absolute Gasteiger partial charge is 0.445 e. The quantitative estimate of drug-likeness (QED) is 0.678. The summed E-state index contributed by atoms with van der Waals surface area (Å²) in [7, 11) is 5.69. The molecule has 0 heterocycles. The average molecular weight is 228 g/mol. The minimum Gasteiger partial charge on any atom is -0.445 e. The molecule has 0 aliphatic heterocycles. The molecule has 0 saturated carbocycles. The van der Waals surface area contributed by atoms with Gasteiger partial charge in [0.25, 0.3) is 0 Å². The van der Waals surface area contributed by atoms with Crippen LogP contribution in [0.3, 0.4) is 0 Å². The van der Waals surface area contributed by atoms with Gasteiger partial charge in [0.05, 0.1) is 14.9 Å². The molecule has 7 heteroatoms. The van der Waals surface area contributed by atoms with Crippen LogP contribution in [0.15, 0.2) is 0 Å². The van der Waals surface area contributed by atoms with Crippen LogP contribution < -0.4 is 0 Å². The summed E-state index contributed by atoms with van der Waals surface area (Å²) in [4.78, 5) is 0. The van der Waals surface area contributed by atoms with E-state index >= 15 is 0 Å². The Bertz CT molecular complexity index is 156. The summed E-state index contributed by atoms with van der Waals surface area (Å²) in [6.07, 6.45) is 0. The Morgan fingerprint density at radius 1 is 0.692 bits per heavy atom. The highest BCUT2D eigenvalue weighted by Gasteiger charge is 2.34. The Morgan fingerprint density at radius 2 is 0.923 bits per heavy atom. The van der Waals surface area contributed by atoms with E-state index in [9.17, 15) is 0 Å². The van der Waals surface area contributed by atoms with Gasteiger partial charge in [0.2, 0.25) is 0 Å². The Balaban J connectivity index is 4.25. The normalized spacial score (nSPS) is 14.6. The molecule has 0 aliphatic carbocycles. The third kappa shape index (κ3) is 9.02. The van der Waals surface area contributed by atoms with Crippen molar-refractivity contribution in [3.63, 3.8) is 0 Å². The standard InChI is InChI=1S/C6H18B2O2Si3/c1-11(2,7)9-13(5,6)10-12(3,4)8/h1-6H3. The predicted molar refractivity (Wildman–Crippen MR) is 66.1 cm³/mol. The highest BCUT2D eigenvalue weighted by atomic mass is 28.5. The van der Waals surface area contributed by atoms with Crippen LogP contribution in [0.25, 0.3) is 0 Å². The zero-order chi connectivity index (χ0) is 10.9. The molecule has 0 spiro atoms. The smallest absolute Gasteiger partial charge is 0.310 e. The van der Waals surface area contributed by atoms with Crippen LogP contribution in [0.5, 0.6) is 0 Å². The van der Waals surface area contributed by atoms with Gasteiger partial charge in [-0.2, -0.15) is 0 Å². The van der Waals surface area contributed by atoms with Crippen LogP contribution in [-0.2, 0) is 8.23 Å². The van der Waals surface area contributed by atoms with Gasteiger partial charge in [0, 0.05) is 0 Å². The van der Waals surface area contributed by atoms with Gasteiger partial charge in [-0.1, -0.05) is 26.2 Å². The first-order chi connectivity index (χ1) is 5.41. The second kappa shape index (κ2) is 4.06. The number of hydrogen-bond acceptors (Lipinski definition) is 2. The second-order valence-electron chi connectivity index (χ2n) is 4.81. The van der Waals surface area contributed by atoms with E-state index in [-0.39, 0.29) is 0 Å². The summed E-state index contributed by atoms with van der Waals surface area (Å²) >= 11 is 0. The molecule has 72 valence electrons. The van der Waals surface area contributed by atoms with E-state index < -0.39 is 24.9 Å². The zero-order valence-corrected chi connectivity index (χ0v) is 12.5. The number of rotatable bonds is 4. The van der Waals surface area contributed by atoms with Gasteiger partial charge in [-0.25, -0.2) is 0 Å². The van der Waals surface area contributed by atoms with Crippen molar-refractivity contribution in [3.05, 3.63) is 0 Å². The third-order valence-corrected chi connectivity index (χ3v) is 9.16. The van der Waals surface area contributed by atoms with Crippen LogP contribution in [-0.4, -0.2) is 39.8 Å².